The summed E-state index contributed by atoms with van der Waals surface area (Å²) in [6.07, 6.45) is 6.16. The van der Waals surface area contributed by atoms with Crippen LogP contribution in [-0.4, -0.2) is 12.3 Å². The molecule has 0 saturated carbocycles. The molecular formula is C16H25NO. The van der Waals surface area contributed by atoms with Gasteiger partial charge in [0, 0.05) is 25.9 Å². The number of rotatable bonds is 10. The van der Waals surface area contributed by atoms with E-state index in [-0.39, 0.29) is 0 Å². The summed E-state index contributed by atoms with van der Waals surface area (Å²) in [4.78, 5) is 11.6. The molecule has 0 aromatic heterocycles. The molecule has 0 amide bonds. The summed E-state index contributed by atoms with van der Waals surface area (Å²) in [6, 6.07) is 10.3. The van der Waals surface area contributed by atoms with Crippen molar-refractivity contribution in [2.75, 3.05) is 6.54 Å². The largest absolute Gasteiger partial charge is 0.312 e. The summed E-state index contributed by atoms with van der Waals surface area (Å²) in [6.45, 7) is 3.83. The number of nitrogens with one attached hydrogen (secondary N) is 1. The van der Waals surface area contributed by atoms with Crippen LogP contribution in [0.25, 0.3) is 0 Å². The zero-order valence-corrected chi connectivity index (χ0v) is 11.5. The van der Waals surface area contributed by atoms with E-state index in [1.807, 2.05) is 18.2 Å². The van der Waals surface area contributed by atoms with E-state index in [0.29, 0.717) is 12.2 Å². The molecule has 0 saturated heterocycles. The summed E-state index contributed by atoms with van der Waals surface area (Å²) < 4.78 is 0. The minimum Gasteiger partial charge on any atom is -0.312 e. The van der Waals surface area contributed by atoms with E-state index >= 15 is 0 Å². The molecule has 0 spiro atoms. The van der Waals surface area contributed by atoms with Gasteiger partial charge in [-0.05, 0) is 12.0 Å². The first-order valence-electron chi connectivity index (χ1n) is 7.09. The van der Waals surface area contributed by atoms with Crippen molar-refractivity contribution in [3.05, 3.63) is 35.9 Å². The molecule has 18 heavy (non-hydrogen) atoms. The van der Waals surface area contributed by atoms with Gasteiger partial charge < -0.3 is 5.32 Å². The average molecular weight is 247 g/mol. The van der Waals surface area contributed by atoms with Crippen molar-refractivity contribution in [1.29, 1.82) is 0 Å². The smallest absolute Gasteiger partial charge is 0.134 e. The number of hydrogen-bond donors (Lipinski definition) is 1. The fourth-order valence-electron chi connectivity index (χ4n) is 1.93. The van der Waals surface area contributed by atoms with Crippen molar-refractivity contribution in [3.63, 3.8) is 0 Å². The number of ketones is 1. The molecule has 0 aliphatic rings. The second-order valence-corrected chi connectivity index (χ2v) is 4.76. The van der Waals surface area contributed by atoms with E-state index in [1.54, 1.807) is 0 Å². The highest BCUT2D eigenvalue weighted by Gasteiger charge is 2.01. The predicted octanol–water partition coefficient (Wildman–Crippen LogP) is 3.71. The lowest BCUT2D eigenvalue weighted by Gasteiger charge is -2.04. The molecule has 1 aromatic carbocycles. The molecule has 0 aliphatic heterocycles. The van der Waals surface area contributed by atoms with Gasteiger partial charge in [0.2, 0.25) is 0 Å². The van der Waals surface area contributed by atoms with Crippen LogP contribution in [0, 0.1) is 0 Å². The van der Waals surface area contributed by atoms with Crippen molar-refractivity contribution >= 4 is 5.78 Å². The molecule has 1 aromatic rings. The normalized spacial score (nSPS) is 10.5. The Hall–Kier alpha value is -1.15. The molecule has 0 aliphatic carbocycles. The van der Waals surface area contributed by atoms with E-state index in [2.05, 4.69) is 24.4 Å². The van der Waals surface area contributed by atoms with Crippen LogP contribution in [0.4, 0.5) is 0 Å². The monoisotopic (exact) mass is 247 g/mol. The summed E-state index contributed by atoms with van der Waals surface area (Å²) in [5, 5.41) is 3.31. The Balaban J connectivity index is 1.99. The maximum atomic E-state index is 11.6. The maximum Gasteiger partial charge on any atom is 0.134 e. The molecule has 2 heteroatoms. The summed E-state index contributed by atoms with van der Waals surface area (Å²) in [5.74, 6) is 0.395. The summed E-state index contributed by atoms with van der Waals surface area (Å²) in [5.41, 5.74) is 1.27. The van der Waals surface area contributed by atoms with Crippen LogP contribution in [0.1, 0.15) is 51.0 Å². The van der Waals surface area contributed by atoms with Crippen molar-refractivity contribution in [1.82, 2.24) is 5.32 Å². The van der Waals surface area contributed by atoms with Gasteiger partial charge in [0.05, 0.1) is 0 Å². The van der Waals surface area contributed by atoms with Gasteiger partial charge in [-0.25, -0.2) is 0 Å². The molecule has 0 unspecified atom stereocenters. The van der Waals surface area contributed by atoms with E-state index in [9.17, 15) is 4.79 Å². The molecule has 0 bridgehead atoms. The fraction of sp³-hybridized carbons (Fsp3) is 0.562. The first-order valence-corrected chi connectivity index (χ1v) is 7.09. The van der Waals surface area contributed by atoms with Gasteiger partial charge in [-0.2, -0.15) is 0 Å². The van der Waals surface area contributed by atoms with Crippen molar-refractivity contribution < 1.29 is 4.79 Å². The zero-order chi connectivity index (χ0) is 13.1. The van der Waals surface area contributed by atoms with Crippen LogP contribution >= 0.6 is 0 Å². The van der Waals surface area contributed by atoms with Gasteiger partial charge in [-0.1, -0.05) is 56.5 Å². The van der Waals surface area contributed by atoms with Gasteiger partial charge in [-0.3, -0.25) is 4.79 Å². The van der Waals surface area contributed by atoms with Gasteiger partial charge in [-0.15, -0.1) is 0 Å². The van der Waals surface area contributed by atoms with Crippen LogP contribution in [-0.2, 0) is 11.3 Å². The lowest BCUT2D eigenvalue weighted by atomic mass is 10.1. The Morgan fingerprint density at radius 3 is 2.56 bits per heavy atom. The van der Waals surface area contributed by atoms with Crippen LogP contribution < -0.4 is 5.32 Å². The van der Waals surface area contributed by atoms with Crippen molar-refractivity contribution in [2.45, 2.75) is 52.0 Å². The third kappa shape index (κ3) is 7.23. The molecule has 1 N–H and O–H groups in total. The van der Waals surface area contributed by atoms with E-state index < -0.39 is 0 Å². The Labute approximate surface area is 111 Å². The lowest BCUT2D eigenvalue weighted by Crippen LogP contribution is -2.17. The predicted molar refractivity (Wildman–Crippen MR) is 76.5 cm³/mol. The van der Waals surface area contributed by atoms with Crippen LogP contribution in [0.2, 0.25) is 0 Å². The third-order valence-corrected chi connectivity index (χ3v) is 3.06. The number of Topliss-reactive ketones (excluding diaryl/α,β-unsaturated/α-hetero) is 1. The molecule has 0 heterocycles. The molecule has 100 valence electrons. The highest BCUT2D eigenvalue weighted by Crippen LogP contribution is 2.04. The Kier molecular flexibility index (Phi) is 8.15. The second-order valence-electron chi connectivity index (χ2n) is 4.76. The van der Waals surface area contributed by atoms with Gasteiger partial charge in [0.25, 0.3) is 0 Å². The maximum absolute atomic E-state index is 11.6. The van der Waals surface area contributed by atoms with Gasteiger partial charge in [0.15, 0.2) is 0 Å². The first-order chi connectivity index (χ1) is 8.83. The van der Waals surface area contributed by atoms with Gasteiger partial charge in [0.1, 0.15) is 5.78 Å². The Bertz CT molecular complexity index is 321. The third-order valence-electron chi connectivity index (χ3n) is 3.06. The fourth-order valence-corrected chi connectivity index (χ4v) is 1.93. The summed E-state index contributed by atoms with van der Waals surface area (Å²) in [7, 11) is 0. The van der Waals surface area contributed by atoms with E-state index in [1.165, 1.54) is 24.8 Å². The van der Waals surface area contributed by atoms with Crippen LogP contribution in [0.3, 0.4) is 0 Å². The number of unbranched alkanes of at least 4 members (excludes halogenated alkanes) is 3. The Morgan fingerprint density at radius 2 is 1.83 bits per heavy atom. The van der Waals surface area contributed by atoms with E-state index in [0.717, 1.165) is 25.9 Å². The average Bonchev–Trinajstić information content (AvgIpc) is 2.41. The minimum absolute atomic E-state index is 0.395. The quantitative estimate of drug-likeness (QED) is 0.639. The second kappa shape index (κ2) is 9.84. The zero-order valence-electron chi connectivity index (χ0n) is 11.5. The van der Waals surface area contributed by atoms with Gasteiger partial charge >= 0.3 is 0 Å². The van der Waals surface area contributed by atoms with Crippen molar-refractivity contribution in [2.24, 2.45) is 0 Å². The van der Waals surface area contributed by atoms with E-state index in [4.69, 9.17) is 0 Å². The standard InChI is InChI=1S/C16H25NO/c1-2-3-4-8-11-16(18)12-13-17-14-15-9-6-5-7-10-15/h5-7,9-10,17H,2-4,8,11-14H2,1H3. The molecule has 2 nitrogen and oxygen atoms in total. The number of carbonyl (C=O) groups excluding carboxylic acids is 1. The highest BCUT2D eigenvalue weighted by molar-refractivity contribution is 5.78. The molecule has 0 atom stereocenters. The minimum atomic E-state index is 0.395. The van der Waals surface area contributed by atoms with Crippen molar-refractivity contribution in [3.8, 4) is 0 Å². The molecular weight excluding hydrogens is 222 g/mol. The SMILES string of the molecule is CCCCCCC(=O)CCNCc1ccccc1. The lowest BCUT2D eigenvalue weighted by molar-refractivity contribution is -0.119. The first kappa shape index (κ1) is 14.9. The number of carbonyl (C=O) groups is 1. The van der Waals surface area contributed by atoms with Crippen LogP contribution in [0.5, 0.6) is 0 Å². The highest BCUT2D eigenvalue weighted by atomic mass is 16.1. The Morgan fingerprint density at radius 1 is 1.06 bits per heavy atom. The van der Waals surface area contributed by atoms with Crippen LogP contribution in [0.15, 0.2) is 30.3 Å². The number of hydrogen-bond acceptors (Lipinski definition) is 2. The molecule has 0 radical (unpaired) electrons. The molecule has 1 rings (SSSR count). The summed E-state index contributed by atoms with van der Waals surface area (Å²) >= 11 is 0. The topological polar surface area (TPSA) is 29.1 Å². The number of benzene rings is 1. The molecule has 0 fully saturated rings.